The van der Waals surface area contributed by atoms with Crippen LogP contribution >= 0.6 is 11.6 Å². The molecule has 2 rings (SSSR count). The minimum Gasteiger partial charge on any atom is -0.381 e. The fraction of sp³-hybridized carbons (Fsp3) is 0.571. The van der Waals surface area contributed by atoms with Crippen molar-refractivity contribution in [3.63, 3.8) is 0 Å². The molecule has 17 heavy (non-hydrogen) atoms. The van der Waals surface area contributed by atoms with Gasteiger partial charge in [0.15, 0.2) is 0 Å². The van der Waals surface area contributed by atoms with Gasteiger partial charge in [-0.15, -0.1) is 0 Å². The largest absolute Gasteiger partial charge is 0.381 e. The van der Waals surface area contributed by atoms with Gasteiger partial charge in [0.25, 0.3) is 0 Å². The van der Waals surface area contributed by atoms with E-state index in [4.69, 9.17) is 22.1 Å². The van der Waals surface area contributed by atoms with Crippen LogP contribution < -0.4 is 5.73 Å². The van der Waals surface area contributed by atoms with Crippen molar-refractivity contribution >= 4 is 11.6 Å². The lowest BCUT2D eigenvalue weighted by molar-refractivity contribution is 0.0585. The number of hydrogen-bond donors (Lipinski definition) is 1. The molecule has 1 atom stereocenters. The van der Waals surface area contributed by atoms with Crippen molar-refractivity contribution in [1.29, 1.82) is 0 Å². The molecule has 0 saturated carbocycles. The Hall–Kier alpha value is -0.570. The monoisotopic (exact) mass is 253 g/mol. The molecular formula is C14H20ClNO. The molecule has 1 unspecified atom stereocenters. The molecule has 94 valence electrons. The van der Waals surface area contributed by atoms with Crippen molar-refractivity contribution in [3.05, 3.63) is 34.3 Å². The molecule has 0 amide bonds. The van der Waals surface area contributed by atoms with Crippen LogP contribution in [-0.2, 0) is 11.2 Å². The van der Waals surface area contributed by atoms with Crippen LogP contribution in [-0.4, -0.2) is 19.3 Å². The summed E-state index contributed by atoms with van der Waals surface area (Å²) in [6, 6.07) is 6.39. The molecule has 0 bridgehead atoms. The van der Waals surface area contributed by atoms with Crippen LogP contribution in [0.25, 0.3) is 0 Å². The van der Waals surface area contributed by atoms with E-state index in [2.05, 4.69) is 12.1 Å². The minimum atomic E-state index is 0.194. The van der Waals surface area contributed by atoms with Crippen LogP contribution in [0.3, 0.4) is 0 Å². The topological polar surface area (TPSA) is 35.2 Å². The van der Waals surface area contributed by atoms with Crippen molar-refractivity contribution < 1.29 is 4.74 Å². The molecule has 1 aromatic carbocycles. The summed E-state index contributed by atoms with van der Waals surface area (Å²) in [5.41, 5.74) is 8.63. The molecule has 1 fully saturated rings. The molecule has 0 aliphatic carbocycles. The van der Waals surface area contributed by atoms with E-state index in [-0.39, 0.29) is 6.04 Å². The van der Waals surface area contributed by atoms with E-state index >= 15 is 0 Å². The van der Waals surface area contributed by atoms with Gasteiger partial charge in [-0.2, -0.15) is 0 Å². The van der Waals surface area contributed by atoms with Gasteiger partial charge in [-0.25, -0.2) is 0 Å². The van der Waals surface area contributed by atoms with Gasteiger partial charge >= 0.3 is 0 Å². The van der Waals surface area contributed by atoms with Gasteiger partial charge in [0, 0.05) is 24.3 Å². The summed E-state index contributed by atoms with van der Waals surface area (Å²) in [6.45, 7) is 3.74. The molecule has 2 N–H and O–H groups in total. The Morgan fingerprint density at radius 3 is 2.76 bits per heavy atom. The fourth-order valence-corrected chi connectivity index (χ4v) is 2.69. The van der Waals surface area contributed by atoms with Gasteiger partial charge in [-0.3, -0.25) is 0 Å². The maximum absolute atomic E-state index is 6.27. The normalized spacial score (nSPS) is 19.2. The first-order chi connectivity index (χ1) is 8.16. The Morgan fingerprint density at radius 2 is 2.12 bits per heavy atom. The van der Waals surface area contributed by atoms with Gasteiger partial charge < -0.3 is 10.5 Å². The summed E-state index contributed by atoms with van der Waals surface area (Å²) in [5, 5.41) is 0.840. The molecule has 3 heteroatoms. The second kappa shape index (κ2) is 5.85. The number of ether oxygens (including phenoxy) is 1. The van der Waals surface area contributed by atoms with E-state index in [1.807, 2.05) is 13.0 Å². The highest BCUT2D eigenvalue weighted by molar-refractivity contribution is 6.31. The zero-order valence-electron chi connectivity index (χ0n) is 10.3. The Balaban J connectivity index is 1.99. The third-order valence-electron chi connectivity index (χ3n) is 3.54. The molecule has 1 aliphatic rings. The highest BCUT2D eigenvalue weighted by atomic mass is 35.5. The van der Waals surface area contributed by atoms with Crippen LogP contribution in [0.5, 0.6) is 0 Å². The van der Waals surface area contributed by atoms with Gasteiger partial charge in [-0.05, 0) is 49.3 Å². The highest BCUT2D eigenvalue weighted by Gasteiger charge is 2.21. The lowest BCUT2D eigenvalue weighted by atomic mass is 9.88. The number of benzene rings is 1. The summed E-state index contributed by atoms with van der Waals surface area (Å²) in [6.07, 6.45) is 3.01. The summed E-state index contributed by atoms with van der Waals surface area (Å²) < 4.78 is 5.36. The highest BCUT2D eigenvalue weighted by Crippen LogP contribution is 2.24. The van der Waals surface area contributed by atoms with Crippen molar-refractivity contribution in [2.45, 2.75) is 32.2 Å². The van der Waals surface area contributed by atoms with E-state index in [1.54, 1.807) is 0 Å². The Labute approximate surface area is 108 Å². The standard InChI is InChI=1S/C14H20ClNO/c1-10-2-3-12(13(15)8-10)9-14(16)11-4-6-17-7-5-11/h2-3,8,11,14H,4-7,9,16H2,1H3. The van der Waals surface area contributed by atoms with Crippen LogP contribution in [0.4, 0.5) is 0 Å². The van der Waals surface area contributed by atoms with Gasteiger partial charge in [0.2, 0.25) is 0 Å². The summed E-state index contributed by atoms with van der Waals surface area (Å²) in [4.78, 5) is 0. The molecule has 1 aromatic rings. The molecular weight excluding hydrogens is 234 g/mol. The van der Waals surface area contributed by atoms with Crippen LogP contribution in [0.15, 0.2) is 18.2 Å². The van der Waals surface area contributed by atoms with E-state index in [1.165, 1.54) is 5.56 Å². The molecule has 1 saturated heterocycles. The number of nitrogens with two attached hydrogens (primary N) is 1. The van der Waals surface area contributed by atoms with Crippen molar-refractivity contribution in [2.75, 3.05) is 13.2 Å². The first-order valence-corrected chi connectivity index (χ1v) is 6.63. The van der Waals surface area contributed by atoms with E-state index in [0.29, 0.717) is 5.92 Å². The van der Waals surface area contributed by atoms with Crippen molar-refractivity contribution in [3.8, 4) is 0 Å². The summed E-state index contributed by atoms with van der Waals surface area (Å²) >= 11 is 6.23. The van der Waals surface area contributed by atoms with E-state index in [9.17, 15) is 0 Å². The molecule has 0 aromatic heterocycles. The number of halogens is 1. The lowest BCUT2D eigenvalue weighted by Crippen LogP contribution is -2.36. The average molecular weight is 254 g/mol. The minimum absolute atomic E-state index is 0.194. The quantitative estimate of drug-likeness (QED) is 0.899. The van der Waals surface area contributed by atoms with E-state index < -0.39 is 0 Å². The Kier molecular flexibility index (Phi) is 4.43. The molecule has 0 radical (unpaired) electrons. The predicted molar refractivity (Wildman–Crippen MR) is 71.4 cm³/mol. The summed E-state index contributed by atoms with van der Waals surface area (Å²) in [7, 11) is 0. The van der Waals surface area contributed by atoms with Gasteiger partial charge in [0.1, 0.15) is 0 Å². The lowest BCUT2D eigenvalue weighted by Gasteiger charge is -2.27. The van der Waals surface area contributed by atoms with E-state index in [0.717, 1.165) is 43.1 Å². The fourth-order valence-electron chi connectivity index (χ4n) is 2.38. The van der Waals surface area contributed by atoms with Gasteiger partial charge in [-0.1, -0.05) is 23.7 Å². The second-order valence-corrected chi connectivity index (χ2v) is 5.32. The number of rotatable bonds is 3. The average Bonchev–Trinajstić information content (AvgIpc) is 2.34. The van der Waals surface area contributed by atoms with Crippen LogP contribution in [0.2, 0.25) is 5.02 Å². The van der Waals surface area contributed by atoms with Crippen LogP contribution in [0, 0.1) is 12.8 Å². The third kappa shape index (κ3) is 3.44. The first kappa shape index (κ1) is 12.9. The second-order valence-electron chi connectivity index (χ2n) is 4.91. The molecule has 0 spiro atoms. The van der Waals surface area contributed by atoms with Crippen molar-refractivity contribution in [1.82, 2.24) is 0 Å². The molecule has 1 heterocycles. The first-order valence-electron chi connectivity index (χ1n) is 6.25. The molecule has 2 nitrogen and oxygen atoms in total. The number of aryl methyl sites for hydroxylation is 1. The van der Waals surface area contributed by atoms with Gasteiger partial charge in [0.05, 0.1) is 0 Å². The van der Waals surface area contributed by atoms with Crippen LogP contribution in [0.1, 0.15) is 24.0 Å². The Bertz CT molecular complexity index is 374. The number of hydrogen-bond acceptors (Lipinski definition) is 2. The smallest absolute Gasteiger partial charge is 0.0469 e. The van der Waals surface area contributed by atoms with Crippen molar-refractivity contribution in [2.24, 2.45) is 11.7 Å². The Morgan fingerprint density at radius 1 is 1.41 bits per heavy atom. The molecule has 1 aliphatic heterocycles. The maximum Gasteiger partial charge on any atom is 0.0469 e. The zero-order valence-corrected chi connectivity index (χ0v) is 11.0. The maximum atomic E-state index is 6.27. The summed E-state index contributed by atoms with van der Waals surface area (Å²) in [5.74, 6) is 0.570. The third-order valence-corrected chi connectivity index (χ3v) is 3.89. The zero-order chi connectivity index (χ0) is 12.3. The SMILES string of the molecule is Cc1ccc(CC(N)C2CCOCC2)c(Cl)c1. The predicted octanol–water partition coefficient (Wildman–Crippen LogP) is 2.94.